The summed E-state index contributed by atoms with van der Waals surface area (Å²) in [5.74, 6) is 0. The van der Waals surface area contributed by atoms with Crippen molar-refractivity contribution in [2.24, 2.45) is 0 Å². The molecule has 0 aliphatic rings. The van der Waals surface area contributed by atoms with Crippen LogP contribution in [0.3, 0.4) is 0 Å². The average molecular weight is 256 g/mol. The standard InChI is InChI=1S/C8H5F5N2O2/c1-3-5(8(11,12)13)6(15(16)17)4(2-14-3)7(9)10/h2,7H,1H3. The Labute approximate surface area is 91.2 Å². The maximum Gasteiger partial charge on any atom is 0.424 e. The molecule has 0 fully saturated rings. The van der Waals surface area contributed by atoms with Gasteiger partial charge in [-0.15, -0.1) is 0 Å². The lowest BCUT2D eigenvalue weighted by Crippen LogP contribution is -2.14. The molecule has 0 aromatic carbocycles. The largest absolute Gasteiger partial charge is 0.424 e. The summed E-state index contributed by atoms with van der Waals surface area (Å²) in [6.45, 7) is 0.866. The molecule has 0 saturated heterocycles. The third-order valence-corrected chi connectivity index (χ3v) is 1.97. The number of aromatic nitrogens is 1. The molecule has 0 radical (unpaired) electrons. The third-order valence-electron chi connectivity index (χ3n) is 1.97. The number of nitro groups is 1. The van der Waals surface area contributed by atoms with Crippen molar-refractivity contribution in [1.82, 2.24) is 4.98 Å². The summed E-state index contributed by atoms with van der Waals surface area (Å²) in [6.07, 6.45) is -8.12. The second-order valence-electron chi connectivity index (χ2n) is 3.08. The van der Waals surface area contributed by atoms with E-state index in [4.69, 9.17) is 0 Å². The minimum Gasteiger partial charge on any atom is -0.260 e. The van der Waals surface area contributed by atoms with E-state index in [1.807, 2.05) is 0 Å². The molecule has 1 heterocycles. The van der Waals surface area contributed by atoms with Crippen molar-refractivity contribution < 1.29 is 26.9 Å². The van der Waals surface area contributed by atoms with Crippen molar-refractivity contribution in [3.63, 3.8) is 0 Å². The molecule has 17 heavy (non-hydrogen) atoms. The fourth-order valence-electron chi connectivity index (χ4n) is 1.30. The molecule has 1 aromatic heterocycles. The van der Waals surface area contributed by atoms with E-state index in [0.29, 0.717) is 6.20 Å². The molecule has 0 spiro atoms. The minimum absolute atomic E-state index is 0.382. The van der Waals surface area contributed by atoms with Crippen LogP contribution in [0.4, 0.5) is 27.6 Å². The van der Waals surface area contributed by atoms with E-state index >= 15 is 0 Å². The van der Waals surface area contributed by atoms with Gasteiger partial charge in [-0.1, -0.05) is 0 Å². The molecule has 0 aliphatic carbocycles. The zero-order valence-electron chi connectivity index (χ0n) is 8.26. The molecule has 0 saturated carbocycles. The van der Waals surface area contributed by atoms with E-state index in [-0.39, 0.29) is 0 Å². The van der Waals surface area contributed by atoms with Crippen LogP contribution in [0, 0.1) is 17.0 Å². The summed E-state index contributed by atoms with van der Waals surface area (Å²) in [7, 11) is 0. The van der Waals surface area contributed by atoms with Crippen LogP contribution < -0.4 is 0 Å². The average Bonchev–Trinajstić information content (AvgIpc) is 2.14. The number of aryl methyl sites for hydroxylation is 1. The van der Waals surface area contributed by atoms with Crippen molar-refractivity contribution in [2.45, 2.75) is 19.5 Å². The number of alkyl halides is 5. The second-order valence-corrected chi connectivity index (χ2v) is 3.08. The fraction of sp³-hybridized carbons (Fsp3) is 0.375. The summed E-state index contributed by atoms with van der Waals surface area (Å²) < 4.78 is 62.3. The number of pyridine rings is 1. The fourth-order valence-corrected chi connectivity index (χ4v) is 1.30. The van der Waals surface area contributed by atoms with Crippen LogP contribution >= 0.6 is 0 Å². The van der Waals surface area contributed by atoms with E-state index in [1.54, 1.807) is 0 Å². The molecule has 0 atom stereocenters. The minimum atomic E-state index is -5.11. The van der Waals surface area contributed by atoms with Crippen molar-refractivity contribution in [3.8, 4) is 0 Å². The summed E-state index contributed by atoms with van der Waals surface area (Å²) >= 11 is 0. The van der Waals surface area contributed by atoms with Gasteiger partial charge in [0.25, 0.3) is 12.1 Å². The Morgan fingerprint density at radius 3 is 2.29 bits per heavy atom. The molecule has 0 amide bonds. The highest BCUT2D eigenvalue weighted by Crippen LogP contribution is 2.41. The number of halogens is 5. The van der Waals surface area contributed by atoms with Crippen molar-refractivity contribution in [2.75, 3.05) is 0 Å². The first kappa shape index (κ1) is 13.3. The lowest BCUT2D eigenvalue weighted by molar-refractivity contribution is -0.389. The molecule has 0 bridgehead atoms. The molecule has 4 nitrogen and oxygen atoms in total. The van der Waals surface area contributed by atoms with Gasteiger partial charge in [0.05, 0.1) is 10.6 Å². The normalized spacial score (nSPS) is 11.9. The quantitative estimate of drug-likeness (QED) is 0.463. The van der Waals surface area contributed by atoms with Gasteiger partial charge in [0.15, 0.2) is 5.56 Å². The number of nitrogens with zero attached hydrogens (tertiary/aromatic N) is 2. The maximum atomic E-state index is 12.5. The summed E-state index contributed by atoms with van der Waals surface area (Å²) in [5.41, 5.74) is -5.43. The van der Waals surface area contributed by atoms with Crippen LogP contribution in [0.2, 0.25) is 0 Å². The first-order chi connectivity index (χ1) is 7.66. The van der Waals surface area contributed by atoms with Crippen LogP contribution in [-0.2, 0) is 6.18 Å². The van der Waals surface area contributed by atoms with E-state index in [9.17, 15) is 32.1 Å². The highest BCUT2D eigenvalue weighted by atomic mass is 19.4. The maximum absolute atomic E-state index is 12.5. The molecule has 94 valence electrons. The van der Waals surface area contributed by atoms with Crippen LogP contribution in [0.15, 0.2) is 6.20 Å². The summed E-state index contributed by atoms with van der Waals surface area (Å²) in [5, 5.41) is 10.5. The smallest absolute Gasteiger partial charge is 0.260 e. The van der Waals surface area contributed by atoms with Crippen LogP contribution in [0.25, 0.3) is 0 Å². The topological polar surface area (TPSA) is 56.0 Å². The molecule has 1 aromatic rings. The lowest BCUT2D eigenvalue weighted by Gasteiger charge is -2.12. The van der Waals surface area contributed by atoms with E-state index in [1.165, 1.54) is 0 Å². The van der Waals surface area contributed by atoms with Gasteiger partial charge in [-0.05, 0) is 6.92 Å². The summed E-state index contributed by atoms with van der Waals surface area (Å²) in [6, 6.07) is 0. The van der Waals surface area contributed by atoms with Gasteiger partial charge in [0, 0.05) is 6.20 Å². The zero-order valence-corrected chi connectivity index (χ0v) is 8.26. The second kappa shape index (κ2) is 4.22. The first-order valence-electron chi connectivity index (χ1n) is 4.15. The molecular formula is C8H5F5N2O2. The Hall–Kier alpha value is -1.80. The highest BCUT2D eigenvalue weighted by molar-refractivity contribution is 5.50. The molecule has 1 rings (SSSR count). The van der Waals surface area contributed by atoms with Gasteiger partial charge in [-0.3, -0.25) is 15.1 Å². The zero-order chi connectivity index (χ0) is 13.4. The van der Waals surface area contributed by atoms with Crippen molar-refractivity contribution >= 4 is 5.69 Å². The molecule has 0 aliphatic heterocycles. The van der Waals surface area contributed by atoms with E-state index in [0.717, 1.165) is 6.92 Å². The Morgan fingerprint density at radius 1 is 1.41 bits per heavy atom. The van der Waals surface area contributed by atoms with Gasteiger partial charge in [-0.2, -0.15) is 13.2 Å². The van der Waals surface area contributed by atoms with Crippen LogP contribution in [0.5, 0.6) is 0 Å². The number of hydrogen-bond donors (Lipinski definition) is 0. The predicted molar refractivity (Wildman–Crippen MR) is 45.6 cm³/mol. The van der Waals surface area contributed by atoms with Crippen LogP contribution in [-0.4, -0.2) is 9.91 Å². The molecular weight excluding hydrogens is 251 g/mol. The van der Waals surface area contributed by atoms with Gasteiger partial charge >= 0.3 is 6.18 Å². The Bertz CT molecular complexity index is 458. The van der Waals surface area contributed by atoms with E-state index in [2.05, 4.69) is 4.98 Å². The number of rotatable bonds is 2. The highest BCUT2D eigenvalue weighted by Gasteiger charge is 2.43. The van der Waals surface area contributed by atoms with Gasteiger partial charge in [0.1, 0.15) is 5.56 Å². The Morgan fingerprint density at radius 2 is 1.94 bits per heavy atom. The molecule has 9 heteroatoms. The molecule has 0 unspecified atom stereocenters. The van der Waals surface area contributed by atoms with Crippen LogP contribution in [0.1, 0.15) is 23.2 Å². The lowest BCUT2D eigenvalue weighted by atomic mass is 10.1. The Balaban J connectivity index is 3.67. The first-order valence-corrected chi connectivity index (χ1v) is 4.15. The monoisotopic (exact) mass is 256 g/mol. The Kier molecular flexibility index (Phi) is 3.30. The van der Waals surface area contributed by atoms with Crippen molar-refractivity contribution in [1.29, 1.82) is 0 Å². The summed E-state index contributed by atoms with van der Waals surface area (Å²) in [4.78, 5) is 12.1. The van der Waals surface area contributed by atoms with Gasteiger partial charge in [-0.25, -0.2) is 8.78 Å². The van der Waals surface area contributed by atoms with E-state index < -0.39 is 40.0 Å². The number of hydrogen-bond acceptors (Lipinski definition) is 3. The SMILES string of the molecule is Cc1ncc(C(F)F)c([N+](=O)[O-])c1C(F)(F)F. The third kappa shape index (κ3) is 2.48. The van der Waals surface area contributed by atoms with Crippen molar-refractivity contribution in [3.05, 3.63) is 33.1 Å². The predicted octanol–water partition coefficient (Wildman–Crippen LogP) is 3.25. The van der Waals surface area contributed by atoms with Gasteiger partial charge < -0.3 is 0 Å². The van der Waals surface area contributed by atoms with Gasteiger partial charge in [0.2, 0.25) is 0 Å². The molecule has 0 N–H and O–H groups in total.